The van der Waals surface area contributed by atoms with Crippen molar-refractivity contribution in [2.75, 3.05) is 27.1 Å². The van der Waals surface area contributed by atoms with Gasteiger partial charge in [0.15, 0.2) is 12.6 Å². The summed E-state index contributed by atoms with van der Waals surface area (Å²) >= 11 is 0. The van der Waals surface area contributed by atoms with Crippen molar-refractivity contribution >= 4 is 16.8 Å². The maximum atomic E-state index is 14.4. The molecule has 0 N–H and O–H groups in total. The summed E-state index contributed by atoms with van der Waals surface area (Å²) in [5.41, 5.74) is 5.49. The zero-order valence-electron chi connectivity index (χ0n) is 23.0. The minimum Gasteiger partial charge on any atom is -0.466 e. The van der Waals surface area contributed by atoms with Gasteiger partial charge in [-0.1, -0.05) is 92.2 Å². The standard InChI is InChI=1S/C35H34O5/c1-3-4-18-32-33(28-17-11-12-19-31(28)40-32)34(36)27-22-29(25-13-7-5-8-14-25)35(39-24-38-21-20-37-2)30(23-27)26-15-9-6-10-16-26/h5-17,19,22-23H,3-4,18,20-21,24H2,1-2H3. The van der Waals surface area contributed by atoms with Crippen LogP contribution in [0.5, 0.6) is 5.75 Å². The lowest BCUT2D eigenvalue weighted by Crippen LogP contribution is -2.10. The third-order valence-electron chi connectivity index (χ3n) is 6.89. The number of ether oxygens (including phenoxy) is 3. The lowest BCUT2D eigenvalue weighted by molar-refractivity contribution is -0.00797. The molecule has 0 unspecified atom stereocenters. The molecule has 0 saturated carbocycles. The van der Waals surface area contributed by atoms with Crippen molar-refractivity contribution in [3.05, 3.63) is 114 Å². The van der Waals surface area contributed by atoms with Crippen LogP contribution in [-0.4, -0.2) is 32.9 Å². The van der Waals surface area contributed by atoms with Crippen LogP contribution in [0.2, 0.25) is 0 Å². The van der Waals surface area contributed by atoms with Crippen molar-refractivity contribution in [3.63, 3.8) is 0 Å². The maximum absolute atomic E-state index is 14.4. The summed E-state index contributed by atoms with van der Waals surface area (Å²) < 4.78 is 23.3. The number of benzene rings is 4. The molecule has 0 saturated heterocycles. The quantitative estimate of drug-likeness (QED) is 0.0863. The average Bonchev–Trinajstić information content (AvgIpc) is 3.38. The molecule has 1 aromatic heterocycles. The van der Waals surface area contributed by atoms with Gasteiger partial charge in [0.1, 0.15) is 17.1 Å². The SMILES string of the molecule is CCCCc1oc2ccccc2c1C(=O)c1cc(-c2ccccc2)c(OCOCCOC)c(-c2ccccc2)c1. The second-order valence-corrected chi connectivity index (χ2v) is 9.62. The molecular formula is C35H34O5. The number of fused-ring (bicyclic) bond motifs is 1. The molecule has 0 aliphatic heterocycles. The van der Waals surface area contributed by atoms with Gasteiger partial charge in [0.2, 0.25) is 0 Å². The Morgan fingerprint density at radius 2 is 1.43 bits per heavy atom. The minimum atomic E-state index is -0.0618. The van der Waals surface area contributed by atoms with E-state index >= 15 is 0 Å². The second-order valence-electron chi connectivity index (χ2n) is 9.62. The monoisotopic (exact) mass is 534 g/mol. The number of carbonyl (C=O) groups is 1. The average molecular weight is 535 g/mol. The Balaban J connectivity index is 1.67. The van der Waals surface area contributed by atoms with Crippen molar-refractivity contribution in [3.8, 4) is 28.0 Å². The van der Waals surface area contributed by atoms with E-state index < -0.39 is 0 Å². The molecule has 0 atom stereocenters. The number of para-hydroxylation sites is 1. The smallest absolute Gasteiger partial charge is 0.197 e. The van der Waals surface area contributed by atoms with Gasteiger partial charge in [-0.2, -0.15) is 0 Å². The predicted molar refractivity (Wildman–Crippen MR) is 159 cm³/mol. The molecule has 5 rings (SSSR count). The molecule has 0 amide bonds. The summed E-state index contributed by atoms with van der Waals surface area (Å²) in [6.45, 7) is 3.10. The number of carbonyl (C=O) groups excluding carboxylic acids is 1. The van der Waals surface area contributed by atoms with E-state index in [1.54, 1.807) is 7.11 Å². The highest BCUT2D eigenvalue weighted by atomic mass is 16.7. The number of methoxy groups -OCH3 is 1. The number of hydrogen-bond acceptors (Lipinski definition) is 5. The Hall–Kier alpha value is -4.19. The van der Waals surface area contributed by atoms with Gasteiger partial charge in [0.05, 0.1) is 18.8 Å². The Morgan fingerprint density at radius 1 is 0.800 bits per heavy atom. The molecule has 5 nitrogen and oxygen atoms in total. The number of ketones is 1. The van der Waals surface area contributed by atoms with Gasteiger partial charge >= 0.3 is 0 Å². The Labute approximate surface area is 235 Å². The Bertz CT molecular complexity index is 1490. The lowest BCUT2D eigenvalue weighted by Gasteiger charge is -2.19. The topological polar surface area (TPSA) is 57.9 Å². The summed E-state index contributed by atoms with van der Waals surface area (Å²) in [5.74, 6) is 1.34. The zero-order chi connectivity index (χ0) is 27.7. The normalized spacial score (nSPS) is 11.2. The third kappa shape index (κ3) is 6.01. The second kappa shape index (κ2) is 13.2. The first-order chi connectivity index (χ1) is 19.7. The first-order valence-corrected chi connectivity index (χ1v) is 13.7. The van der Waals surface area contributed by atoms with Crippen LogP contribution < -0.4 is 4.74 Å². The van der Waals surface area contributed by atoms with Gasteiger partial charge in [-0.15, -0.1) is 0 Å². The van der Waals surface area contributed by atoms with Gasteiger partial charge in [-0.3, -0.25) is 4.79 Å². The van der Waals surface area contributed by atoms with Gasteiger partial charge in [-0.05, 0) is 35.7 Å². The fraction of sp³-hybridized carbons (Fsp3) is 0.229. The summed E-state index contributed by atoms with van der Waals surface area (Å²) in [6, 6.07) is 31.6. The summed E-state index contributed by atoms with van der Waals surface area (Å²) in [4.78, 5) is 14.4. The summed E-state index contributed by atoms with van der Waals surface area (Å²) in [6.07, 6.45) is 2.67. The maximum Gasteiger partial charge on any atom is 0.197 e. The fourth-order valence-corrected chi connectivity index (χ4v) is 4.88. The van der Waals surface area contributed by atoms with E-state index in [0.717, 1.165) is 51.8 Å². The molecule has 0 fully saturated rings. The molecule has 40 heavy (non-hydrogen) atoms. The Morgan fingerprint density at radius 3 is 2.05 bits per heavy atom. The molecule has 1 heterocycles. The van der Waals surface area contributed by atoms with E-state index in [1.807, 2.05) is 97.1 Å². The van der Waals surface area contributed by atoms with Crippen molar-refractivity contribution in [1.82, 2.24) is 0 Å². The van der Waals surface area contributed by atoms with Gasteiger partial charge in [0.25, 0.3) is 0 Å². The highest BCUT2D eigenvalue weighted by Crippen LogP contribution is 2.41. The van der Waals surface area contributed by atoms with Crippen LogP contribution in [0.1, 0.15) is 41.4 Å². The van der Waals surface area contributed by atoms with Gasteiger partial charge in [-0.25, -0.2) is 0 Å². The molecule has 4 aromatic carbocycles. The molecule has 0 aliphatic rings. The largest absolute Gasteiger partial charge is 0.466 e. The van der Waals surface area contributed by atoms with Crippen molar-refractivity contribution in [2.24, 2.45) is 0 Å². The van der Waals surface area contributed by atoms with Crippen LogP contribution in [0.3, 0.4) is 0 Å². The van der Waals surface area contributed by atoms with Crippen LogP contribution in [0.25, 0.3) is 33.2 Å². The molecule has 0 spiro atoms. The van der Waals surface area contributed by atoms with Crippen LogP contribution in [0.4, 0.5) is 0 Å². The van der Waals surface area contributed by atoms with Crippen LogP contribution >= 0.6 is 0 Å². The molecular weight excluding hydrogens is 500 g/mol. The number of furan rings is 1. The third-order valence-corrected chi connectivity index (χ3v) is 6.89. The zero-order valence-corrected chi connectivity index (χ0v) is 23.0. The van der Waals surface area contributed by atoms with E-state index in [9.17, 15) is 4.79 Å². The van der Waals surface area contributed by atoms with Gasteiger partial charge in [0, 0.05) is 35.6 Å². The van der Waals surface area contributed by atoms with Crippen LogP contribution in [-0.2, 0) is 15.9 Å². The highest BCUT2D eigenvalue weighted by molar-refractivity contribution is 6.18. The van der Waals surface area contributed by atoms with Gasteiger partial charge < -0.3 is 18.6 Å². The number of rotatable bonds is 13. The number of hydrogen-bond donors (Lipinski definition) is 0. The van der Waals surface area contributed by atoms with Crippen molar-refractivity contribution in [2.45, 2.75) is 26.2 Å². The molecule has 0 bridgehead atoms. The molecule has 5 heteroatoms. The van der Waals surface area contributed by atoms with Crippen LogP contribution in [0, 0.1) is 0 Å². The van der Waals surface area contributed by atoms with E-state index in [-0.39, 0.29) is 12.6 Å². The van der Waals surface area contributed by atoms with Crippen LogP contribution in [0.15, 0.2) is 101 Å². The Kier molecular flexibility index (Phi) is 9.07. The number of aryl methyl sites for hydroxylation is 1. The van der Waals surface area contributed by atoms with E-state index in [4.69, 9.17) is 18.6 Å². The molecule has 0 aliphatic carbocycles. The number of unbranched alkanes of at least 4 members (excludes halogenated alkanes) is 1. The van der Waals surface area contributed by atoms with Crippen molar-refractivity contribution in [1.29, 1.82) is 0 Å². The van der Waals surface area contributed by atoms with Crippen molar-refractivity contribution < 1.29 is 23.4 Å². The summed E-state index contributed by atoms with van der Waals surface area (Å²) in [5, 5.41) is 0.841. The first kappa shape index (κ1) is 27.4. The van der Waals surface area contributed by atoms with E-state index in [2.05, 4.69) is 6.92 Å². The minimum absolute atomic E-state index is 0.0594. The molecule has 5 aromatic rings. The lowest BCUT2D eigenvalue weighted by atomic mass is 9.90. The summed E-state index contributed by atoms with van der Waals surface area (Å²) in [7, 11) is 1.64. The first-order valence-electron chi connectivity index (χ1n) is 13.7. The van der Waals surface area contributed by atoms with E-state index in [0.29, 0.717) is 36.5 Å². The van der Waals surface area contributed by atoms with E-state index in [1.165, 1.54) is 0 Å². The fourth-order valence-electron chi connectivity index (χ4n) is 4.88. The predicted octanol–water partition coefficient (Wildman–Crippen LogP) is 8.34. The molecule has 0 radical (unpaired) electrons. The highest BCUT2D eigenvalue weighted by Gasteiger charge is 2.25. The molecule has 204 valence electrons.